The third kappa shape index (κ3) is 6.41. The Morgan fingerprint density at radius 3 is 2.30 bits per heavy atom. The summed E-state index contributed by atoms with van der Waals surface area (Å²) in [6.07, 6.45) is 7.79. The molecule has 8 heteroatoms. The van der Waals surface area contributed by atoms with E-state index in [2.05, 4.69) is 19.8 Å². The Morgan fingerprint density at radius 1 is 1.12 bits per heavy atom. The lowest BCUT2D eigenvalue weighted by Gasteiger charge is -2.40. The Hall–Kier alpha value is -2.27. The first-order chi connectivity index (χ1) is 15.9. The van der Waals surface area contributed by atoms with Gasteiger partial charge < -0.3 is 14.5 Å². The van der Waals surface area contributed by atoms with E-state index in [-0.39, 0.29) is 17.7 Å². The highest BCUT2D eigenvalue weighted by Crippen LogP contribution is 2.41. The van der Waals surface area contributed by atoms with E-state index in [1.165, 1.54) is 12.1 Å². The monoisotopic (exact) mass is 476 g/mol. The molecule has 2 fully saturated rings. The van der Waals surface area contributed by atoms with E-state index in [1.807, 2.05) is 40.1 Å². The molecule has 0 spiro atoms. The summed E-state index contributed by atoms with van der Waals surface area (Å²) >= 11 is 0. The Balaban J connectivity index is 0.00000149. The molecule has 0 radical (unpaired) electrons. The van der Waals surface area contributed by atoms with E-state index in [0.29, 0.717) is 0 Å². The summed E-state index contributed by atoms with van der Waals surface area (Å²) in [5.74, 6) is 1.84. The molecular weight excluding hydrogens is 441 g/mol. The molecular formula is C25H35F2N4OP. The molecule has 1 aromatic carbocycles. The molecule has 1 aromatic heterocycles. The Bertz CT molecular complexity index is 921. The molecule has 1 aliphatic heterocycles. The van der Waals surface area contributed by atoms with Crippen LogP contribution in [0.4, 0.5) is 20.2 Å². The van der Waals surface area contributed by atoms with Crippen molar-refractivity contribution in [2.45, 2.75) is 64.3 Å². The molecule has 5 nitrogen and oxygen atoms in total. The second kappa shape index (κ2) is 11.2. The molecule has 1 atom stereocenters. The summed E-state index contributed by atoms with van der Waals surface area (Å²) in [7, 11) is 3.42. The maximum Gasteiger partial charge on any atom is 0.283 e. The van der Waals surface area contributed by atoms with Crippen LogP contribution in [0.1, 0.15) is 52.0 Å². The Labute approximate surface area is 198 Å². The quantitative estimate of drug-likeness (QED) is 0.282. The first-order valence-electron chi connectivity index (χ1n) is 11.7. The molecule has 180 valence electrons. The molecule has 0 N–H and O–H groups in total. The predicted molar refractivity (Wildman–Crippen MR) is 135 cm³/mol. The van der Waals surface area contributed by atoms with Gasteiger partial charge in [-0.15, -0.1) is 0 Å². The summed E-state index contributed by atoms with van der Waals surface area (Å²) in [6, 6.07) is 8.63. The number of halogens is 2. The summed E-state index contributed by atoms with van der Waals surface area (Å²) in [5, 5.41) is 0. The SMILES string of the molecule is CC.CN=C(C)N1CCC(N(c2ccc(C(F)(F)P)cc2)c2cnccc2OC2CC2)CC1. The topological polar surface area (TPSA) is 41.0 Å². The first kappa shape index (κ1) is 25.4. The van der Waals surface area contributed by atoms with Gasteiger partial charge in [-0.25, -0.2) is 0 Å². The van der Waals surface area contributed by atoms with Gasteiger partial charge in [0.05, 0.1) is 18.1 Å². The number of rotatable bonds is 6. The summed E-state index contributed by atoms with van der Waals surface area (Å²) in [6.45, 7) is 7.82. The number of pyridine rings is 1. The van der Waals surface area contributed by atoms with Crippen LogP contribution in [-0.2, 0) is 5.66 Å². The van der Waals surface area contributed by atoms with Crippen molar-refractivity contribution in [3.63, 3.8) is 0 Å². The van der Waals surface area contributed by atoms with Crippen LogP contribution in [0.3, 0.4) is 0 Å². The van der Waals surface area contributed by atoms with Gasteiger partial charge in [0.15, 0.2) is 0 Å². The van der Waals surface area contributed by atoms with Gasteiger partial charge in [0.1, 0.15) is 11.4 Å². The number of anilines is 2. The van der Waals surface area contributed by atoms with Crippen molar-refractivity contribution in [3.05, 3.63) is 48.3 Å². The molecule has 1 saturated carbocycles. The zero-order chi connectivity index (χ0) is 24.0. The average molecular weight is 477 g/mol. The van der Waals surface area contributed by atoms with E-state index >= 15 is 0 Å². The highest BCUT2D eigenvalue weighted by molar-refractivity contribution is 7.17. The highest BCUT2D eigenvalue weighted by Gasteiger charge is 2.31. The van der Waals surface area contributed by atoms with Crippen LogP contribution >= 0.6 is 9.24 Å². The lowest BCUT2D eigenvalue weighted by molar-refractivity contribution is 0.104. The number of piperidine rings is 1. The maximum absolute atomic E-state index is 13.7. The van der Waals surface area contributed by atoms with Gasteiger partial charge in [0, 0.05) is 49.7 Å². The average Bonchev–Trinajstić information content (AvgIpc) is 3.65. The van der Waals surface area contributed by atoms with Gasteiger partial charge in [-0.1, -0.05) is 35.2 Å². The van der Waals surface area contributed by atoms with E-state index in [0.717, 1.165) is 61.7 Å². The minimum atomic E-state index is -2.94. The van der Waals surface area contributed by atoms with Crippen LogP contribution in [0, 0.1) is 0 Å². The molecule has 1 unspecified atom stereocenters. The second-order valence-electron chi connectivity index (χ2n) is 8.19. The van der Waals surface area contributed by atoms with Gasteiger partial charge in [-0.3, -0.25) is 9.98 Å². The largest absolute Gasteiger partial charge is 0.488 e. The van der Waals surface area contributed by atoms with E-state index in [9.17, 15) is 8.78 Å². The van der Waals surface area contributed by atoms with Crippen LogP contribution in [-0.4, -0.2) is 48.0 Å². The number of ether oxygens (including phenoxy) is 1. The summed E-state index contributed by atoms with van der Waals surface area (Å²) in [4.78, 5) is 13.2. The molecule has 0 amide bonds. The Morgan fingerprint density at radius 2 is 1.76 bits per heavy atom. The molecule has 1 saturated heterocycles. The van der Waals surface area contributed by atoms with E-state index in [1.54, 1.807) is 27.6 Å². The fraction of sp³-hybridized carbons (Fsp3) is 0.520. The molecule has 2 aromatic rings. The fourth-order valence-electron chi connectivity index (χ4n) is 4.00. The second-order valence-corrected chi connectivity index (χ2v) is 8.91. The van der Waals surface area contributed by atoms with Gasteiger partial charge in [0.25, 0.3) is 5.66 Å². The van der Waals surface area contributed by atoms with Crippen LogP contribution < -0.4 is 9.64 Å². The van der Waals surface area contributed by atoms with Crippen molar-refractivity contribution >= 4 is 26.5 Å². The van der Waals surface area contributed by atoms with Crippen molar-refractivity contribution in [2.75, 3.05) is 25.0 Å². The third-order valence-corrected chi connectivity index (χ3v) is 6.31. The van der Waals surface area contributed by atoms with E-state index in [4.69, 9.17) is 4.74 Å². The van der Waals surface area contributed by atoms with E-state index < -0.39 is 5.66 Å². The maximum atomic E-state index is 13.7. The molecule has 33 heavy (non-hydrogen) atoms. The number of hydrogen-bond acceptors (Lipinski definition) is 4. The van der Waals surface area contributed by atoms with Gasteiger partial charge in [-0.05, 0) is 44.7 Å². The lowest BCUT2D eigenvalue weighted by atomic mass is 10.0. The van der Waals surface area contributed by atoms with Gasteiger partial charge >= 0.3 is 0 Å². The standard InChI is InChI=1S/C23H29F2N4OP.C2H6/c1-16(26-2)28-13-10-19(11-14-28)29(18-5-3-17(4-6-18)23(24,25)31)21-15-27-12-9-22(21)30-20-7-8-20;1-2/h3-6,9,12,15,19-20H,7-8,10-11,13-14,31H2,1-2H3;1-2H3. The van der Waals surface area contributed by atoms with Gasteiger partial charge in [0.2, 0.25) is 0 Å². The number of aliphatic imine (C=N–C) groups is 1. The van der Waals surface area contributed by atoms with Crippen molar-refractivity contribution in [1.29, 1.82) is 0 Å². The zero-order valence-electron chi connectivity index (χ0n) is 20.0. The van der Waals surface area contributed by atoms with Crippen LogP contribution in [0.5, 0.6) is 5.75 Å². The summed E-state index contributed by atoms with van der Waals surface area (Å²) in [5.41, 5.74) is -1.21. The summed E-state index contributed by atoms with van der Waals surface area (Å²) < 4.78 is 33.6. The van der Waals surface area contributed by atoms with Crippen LogP contribution in [0.25, 0.3) is 0 Å². The normalized spacial score (nSPS) is 17.3. The number of benzene rings is 1. The van der Waals surface area contributed by atoms with Crippen molar-refractivity contribution in [3.8, 4) is 5.75 Å². The zero-order valence-corrected chi connectivity index (χ0v) is 21.1. The lowest BCUT2D eigenvalue weighted by Crippen LogP contribution is -2.45. The van der Waals surface area contributed by atoms with Gasteiger partial charge in [-0.2, -0.15) is 8.78 Å². The molecule has 0 bridgehead atoms. The molecule has 2 aliphatic rings. The number of aromatic nitrogens is 1. The van der Waals surface area contributed by atoms with Crippen molar-refractivity contribution in [1.82, 2.24) is 9.88 Å². The first-order valence-corrected chi connectivity index (χ1v) is 12.3. The van der Waals surface area contributed by atoms with Crippen molar-refractivity contribution in [2.24, 2.45) is 4.99 Å². The molecule has 2 heterocycles. The minimum Gasteiger partial charge on any atom is -0.488 e. The minimum absolute atomic E-state index is 0.0218. The third-order valence-electron chi connectivity index (χ3n) is 5.98. The Kier molecular flexibility index (Phi) is 8.63. The predicted octanol–water partition coefficient (Wildman–Crippen LogP) is 6.22. The van der Waals surface area contributed by atoms with Crippen LogP contribution in [0.15, 0.2) is 47.7 Å². The highest BCUT2D eigenvalue weighted by atomic mass is 31.0. The number of hydrogen-bond donors (Lipinski definition) is 0. The number of likely N-dealkylation sites (tertiary alicyclic amines) is 1. The number of alkyl halides is 2. The number of amidine groups is 1. The van der Waals surface area contributed by atoms with Crippen LogP contribution in [0.2, 0.25) is 0 Å². The molecule has 1 aliphatic carbocycles. The fourth-order valence-corrected chi connectivity index (χ4v) is 4.19. The number of nitrogens with zero attached hydrogens (tertiary/aromatic N) is 4. The smallest absolute Gasteiger partial charge is 0.283 e. The van der Waals surface area contributed by atoms with Crippen molar-refractivity contribution < 1.29 is 13.5 Å². The molecule has 4 rings (SSSR count).